The monoisotopic (exact) mass is 418 g/mol. The van der Waals surface area contributed by atoms with Crippen LogP contribution in [0, 0.1) is 6.92 Å². The number of aromatic nitrogens is 1. The van der Waals surface area contributed by atoms with E-state index in [0.29, 0.717) is 22.5 Å². The van der Waals surface area contributed by atoms with E-state index in [4.69, 9.17) is 9.26 Å². The molecule has 0 aliphatic carbocycles. The first-order chi connectivity index (χ1) is 14.9. The molecule has 2 aromatic carbocycles. The van der Waals surface area contributed by atoms with Crippen molar-refractivity contribution in [3.05, 3.63) is 88.7 Å². The summed E-state index contributed by atoms with van der Waals surface area (Å²) in [6.45, 7) is 1.66. The molecule has 1 atom stereocenters. The van der Waals surface area contributed by atoms with Crippen LogP contribution in [0.25, 0.3) is 5.76 Å². The van der Waals surface area contributed by atoms with E-state index in [9.17, 15) is 19.5 Å². The first kappa shape index (κ1) is 20.1. The molecule has 0 saturated carbocycles. The van der Waals surface area contributed by atoms with Gasteiger partial charge in [0.2, 0.25) is 0 Å². The van der Waals surface area contributed by atoms with E-state index in [-0.39, 0.29) is 17.2 Å². The summed E-state index contributed by atoms with van der Waals surface area (Å²) in [7, 11) is 1.28. The van der Waals surface area contributed by atoms with E-state index >= 15 is 0 Å². The van der Waals surface area contributed by atoms with E-state index in [2.05, 4.69) is 5.16 Å². The summed E-state index contributed by atoms with van der Waals surface area (Å²) in [5.41, 5.74) is 1.13. The average Bonchev–Trinajstić information content (AvgIpc) is 3.34. The zero-order valence-corrected chi connectivity index (χ0v) is 16.7. The number of Topliss-reactive ketones (excluding diaryl/α,β-unsaturated/α-hetero) is 1. The minimum atomic E-state index is -0.962. The molecule has 1 saturated heterocycles. The highest BCUT2D eigenvalue weighted by Gasteiger charge is 2.48. The molecule has 8 heteroatoms. The number of nitrogens with zero attached hydrogens (tertiary/aromatic N) is 2. The summed E-state index contributed by atoms with van der Waals surface area (Å²) in [5.74, 6) is -1.90. The van der Waals surface area contributed by atoms with Crippen molar-refractivity contribution in [3.63, 3.8) is 0 Å². The Bertz CT molecular complexity index is 1190. The van der Waals surface area contributed by atoms with Gasteiger partial charge in [-0.1, -0.05) is 47.6 Å². The van der Waals surface area contributed by atoms with Crippen LogP contribution in [0.2, 0.25) is 0 Å². The maximum atomic E-state index is 13.0. The molecule has 2 heterocycles. The number of hydrogen-bond acceptors (Lipinski definition) is 7. The van der Waals surface area contributed by atoms with Gasteiger partial charge >= 0.3 is 11.9 Å². The van der Waals surface area contributed by atoms with Crippen LogP contribution in [0.1, 0.15) is 33.3 Å². The van der Waals surface area contributed by atoms with Crippen LogP contribution < -0.4 is 4.90 Å². The smallest absolute Gasteiger partial charge is 0.337 e. The van der Waals surface area contributed by atoms with Gasteiger partial charge in [-0.25, -0.2) is 4.79 Å². The fourth-order valence-electron chi connectivity index (χ4n) is 3.52. The van der Waals surface area contributed by atoms with Crippen molar-refractivity contribution in [1.82, 2.24) is 5.16 Å². The minimum Gasteiger partial charge on any atom is -0.507 e. The molecule has 4 rings (SSSR count). The number of carbonyl (C=O) groups is 3. The second-order valence-corrected chi connectivity index (χ2v) is 6.94. The number of ketones is 1. The molecule has 156 valence electrons. The maximum absolute atomic E-state index is 13.0. The molecule has 3 aromatic rings. The predicted octanol–water partition coefficient (Wildman–Crippen LogP) is 3.40. The third-order valence-corrected chi connectivity index (χ3v) is 5.00. The van der Waals surface area contributed by atoms with Gasteiger partial charge in [0.25, 0.3) is 5.78 Å². The average molecular weight is 418 g/mol. The number of esters is 1. The number of carbonyl (C=O) groups excluding carboxylic acids is 3. The number of aryl methyl sites for hydroxylation is 1. The zero-order valence-electron chi connectivity index (χ0n) is 16.7. The van der Waals surface area contributed by atoms with E-state index in [0.717, 1.165) is 0 Å². The van der Waals surface area contributed by atoms with Crippen molar-refractivity contribution >= 4 is 29.2 Å². The van der Waals surface area contributed by atoms with Crippen molar-refractivity contribution in [3.8, 4) is 0 Å². The van der Waals surface area contributed by atoms with E-state index in [1.165, 1.54) is 30.2 Å². The Labute approximate surface area is 177 Å². The van der Waals surface area contributed by atoms with E-state index in [1.54, 1.807) is 49.4 Å². The molecule has 1 N–H and O–H groups in total. The van der Waals surface area contributed by atoms with Crippen molar-refractivity contribution in [2.45, 2.75) is 13.0 Å². The minimum absolute atomic E-state index is 0.0809. The van der Waals surface area contributed by atoms with Crippen LogP contribution in [-0.2, 0) is 14.3 Å². The summed E-state index contributed by atoms with van der Waals surface area (Å²) in [4.78, 5) is 38.9. The zero-order chi connectivity index (χ0) is 22.1. The van der Waals surface area contributed by atoms with Crippen molar-refractivity contribution in [2.24, 2.45) is 0 Å². The first-order valence-electron chi connectivity index (χ1n) is 9.40. The number of aliphatic hydroxyl groups excluding tert-OH is 1. The second-order valence-electron chi connectivity index (χ2n) is 6.94. The number of hydrogen-bond donors (Lipinski definition) is 1. The van der Waals surface area contributed by atoms with Gasteiger partial charge in [-0.3, -0.25) is 14.5 Å². The molecule has 8 nitrogen and oxygen atoms in total. The summed E-state index contributed by atoms with van der Waals surface area (Å²) < 4.78 is 9.81. The number of rotatable bonds is 4. The number of anilines is 1. The fourth-order valence-corrected chi connectivity index (χ4v) is 3.52. The normalized spacial score (nSPS) is 17.7. The fraction of sp³-hybridized carbons (Fsp3) is 0.130. The lowest BCUT2D eigenvalue weighted by atomic mass is 9.94. The number of methoxy groups -OCH3 is 1. The maximum Gasteiger partial charge on any atom is 0.337 e. The standard InChI is InChI=1S/C23H18N2O6/c1-13-12-17(24-31-13)25-19(14-8-10-16(11-9-14)23(29)30-2)18(21(27)22(25)28)20(26)15-6-4-3-5-7-15/h3-12,19,26H,1-2H3/b20-18+/t19-/m0/s1. The Balaban J connectivity index is 1.90. The van der Waals surface area contributed by atoms with Gasteiger partial charge in [-0.15, -0.1) is 0 Å². The molecule has 0 radical (unpaired) electrons. The highest BCUT2D eigenvalue weighted by Crippen LogP contribution is 2.41. The quantitative estimate of drug-likeness (QED) is 0.299. The van der Waals surface area contributed by atoms with E-state index < -0.39 is 23.7 Å². The molecular weight excluding hydrogens is 400 g/mol. The first-order valence-corrected chi connectivity index (χ1v) is 9.40. The molecule has 1 amide bonds. The van der Waals surface area contributed by atoms with Gasteiger partial charge in [-0.2, -0.15) is 0 Å². The van der Waals surface area contributed by atoms with Gasteiger partial charge < -0.3 is 14.4 Å². The van der Waals surface area contributed by atoms with Crippen LogP contribution in [0.3, 0.4) is 0 Å². The Morgan fingerprint density at radius 1 is 1.06 bits per heavy atom. The lowest BCUT2D eigenvalue weighted by molar-refractivity contribution is -0.132. The molecule has 1 aliphatic heterocycles. The van der Waals surface area contributed by atoms with Crippen LogP contribution in [0.4, 0.5) is 5.82 Å². The molecule has 0 bridgehead atoms. The second kappa shape index (κ2) is 7.91. The van der Waals surface area contributed by atoms with Gasteiger partial charge in [0.15, 0.2) is 5.82 Å². The summed E-state index contributed by atoms with van der Waals surface area (Å²) in [6.07, 6.45) is 0. The Morgan fingerprint density at radius 2 is 1.74 bits per heavy atom. The van der Waals surface area contributed by atoms with Crippen LogP contribution in [-0.4, -0.2) is 35.0 Å². The summed E-state index contributed by atoms with van der Waals surface area (Å²) in [5, 5.41) is 14.8. The predicted molar refractivity (Wildman–Crippen MR) is 110 cm³/mol. The number of aliphatic hydroxyl groups is 1. The molecular formula is C23H18N2O6. The summed E-state index contributed by atoms with van der Waals surface area (Å²) in [6, 6.07) is 15.3. The number of ether oxygens (including phenoxy) is 1. The number of benzene rings is 2. The Morgan fingerprint density at radius 3 is 2.32 bits per heavy atom. The van der Waals surface area contributed by atoms with Crippen LogP contribution in [0.15, 0.2) is 70.8 Å². The van der Waals surface area contributed by atoms with E-state index in [1.807, 2.05) is 0 Å². The SMILES string of the molecule is COC(=O)c1ccc([C@H]2/C(=C(\O)c3ccccc3)C(=O)C(=O)N2c2cc(C)on2)cc1. The molecule has 1 aliphatic rings. The Kier molecular flexibility index (Phi) is 5.12. The molecule has 0 spiro atoms. The topological polar surface area (TPSA) is 110 Å². The van der Waals surface area contributed by atoms with Crippen molar-refractivity contribution in [2.75, 3.05) is 12.0 Å². The van der Waals surface area contributed by atoms with Crippen LogP contribution in [0.5, 0.6) is 0 Å². The lowest BCUT2D eigenvalue weighted by Gasteiger charge is -2.23. The third kappa shape index (κ3) is 3.48. The van der Waals surface area contributed by atoms with Gasteiger partial charge in [0.05, 0.1) is 24.3 Å². The summed E-state index contributed by atoms with van der Waals surface area (Å²) >= 11 is 0. The lowest BCUT2D eigenvalue weighted by Crippen LogP contribution is -2.29. The third-order valence-electron chi connectivity index (χ3n) is 5.00. The van der Waals surface area contributed by atoms with Crippen LogP contribution >= 0.6 is 0 Å². The largest absolute Gasteiger partial charge is 0.507 e. The van der Waals surface area contributed by atoms with Gasteiger partial charge in [-0.05, 0) is 24.6 Å². The van der Waals surface area contributed by atoms with Gasteiger partial charge in [0.1, 0.15) is 11.5 Å². The molecule has 1 fully saturated rings. The van der Waals surface area contributed by atoms with Crippen molar-refractivity contribution in [1.29, 1.82) is 0 Å². The molecule has 1 aromatic heterocycles. The molecule has 31 heavy (non-hydrogen) atoms. The molecule has 0 unspecified atom stereocenters. The number of amides is 1. The Hall–Kier alpha value is -4.20. The highest BCUT2D eigenvalue weighted by molar-refractivity contribution is 6.51. The highest BCUT2D eigenvalue weighted by atomic mass is 16.5. The van der Waals surface area contributed by atoms with Gasteiger partial charge in [0, 0.05) is 11.6 Å². The van der Waals surface area contributed by atoms with Crippen molar-refractivity contribution < 1.29 is 28.8 Å².